The van der Waals surface area contributed by atoms with Crippen molar-refractivity contribution in [3.8, 4) is 5.75 Å². The number of aliphatic imine (C=N–C) groups is 1. The highest BCUT2D eigenvalue weighted by atomic mass is 16.5. The summed E-state index contributed by atoms with van der Waals surface area (Å²) in [5.74, 6) is 1.70. The first-order valence-electron chi connectivity index (χ1n) is 7.85. The van der Waals surface area contributed by atoms with Crippen LogP contribution in [0.1, 0.15) is 16.7 Å². The van der Waals surface area contributed by atoms with Gasteiger partial charge in [-0.15, -0.1) is 0 Å². The van der Waals surface area contributed by atoms with Crippen molar-refractivity contribution < 1.29 is 4.74 Å². The molecule has 0 atom stereocenters. The average molecular weight is 311 g/mol. The van der Waals surface area contributed by atoms with Gasteiger partial charge in [-0.3, -0.25) is 4.99 Å². The lowest BCUT2D eigenvalue weighted by atomic mass is 10.1. The van der Waals surface area contributed by atoms with Gasteiger partial charge in [0.1, 0.15) is 5.75 Å². The number of aryl methyl sites for hydroxylation is 1. The first-order valence-corrected chi connectivity index (χ1v) is 7.85. The van der Waals surface area contributed by atoms with Crippen molar-refractivity contribution in [3.63, 3.8) is 0 Å². The molecule has 0 aromatic heterocycles. The second-order valence-electron chi connectivity index (χ2n) is 5.40. The van der Waals surface area contributed by atoms with E-state index in [4.69, 9.17) is 4.74 Å². The van der Waals surface area contributed by atoms with E-state index in [0.717, 1.165) is 30.2 Å². The Morgan fingerprint density at radius 3 is 2.57 bits per heavy atom. The van der Waals surface area contributed by atoms with Crippen LogP contribution in [0.5, 0.6) is 5.75 Å². The third-order valence-electron chi connectivity index (χ3n) is 3.66. The minimum Gasteiger partial charge on any atom is -0.496 e. The van der Waals surface area contributed by atoms with E-state index in [1.54, 1.807) is 14.2 Å². The van der Waals surface area contributed by atoms with Gasteiger partial charge in [-0.1, -0.05) is 42.5 Å². The fourth-order valence-corrected chi connectivity index (χ4v) is 2.37. The smallest absolute Gasteiger partial charge is 0.191 e. The normalized spacial score (nSPS) is 11.2. The van der Waals surface area contributed by atoms with E-state index >= 15 is 0 Å². The molecule has 2 aromatic rings. The molecule has 0 unspecified atom stereocenters. The minimum atomic E-state index is 0.675. The molecule has 4 nitrogen and oxygen atoms in total. The zero-order chi connectivity index (χ0) is 16.5. The van der Waals surface area contributed by atoms with Gasteiger partial charge in [-0.05, 0) is 30.5 Å². The quantitative estimate of drug-likeness (QED) is 0.637. The van der Waals surface area contributed by atoms with Crippen LogP contribution in [0.2, 0.25) is 0 Å². The van der Waals surface area contributed by atoms with Gasteiger partial charge in [0.05, 0.1) is 7.11 Å². The van der Waals surface area contributed by atoms with E-state index in [1.165, 1.54) is 11.1 Å². The molecule has 0 bridgehead atoms. The molecule has 122 valence electrons. The first-order chi connectivity index (χ1) is 11.2. The number of guanidine groups is 1. The van der Waals surface area contributed by atoms with Crippen LogP contribution in [0.15, 0.2) is 53.5 Å². The Morgan fingerprint density at radius 1 is 1.09 bits per heavy atom. The largest absolute Gasteiger partial charge is 0.496 e. The lowest BCUT2D eigenvalue weighted by molar-refractivity contribution is 0.408. The van der Waals surface area contributed by atoms with Crippen molar-refractivity contribution in [3.05, 3.63) is 65.2 Å². The van der Waals surface area contributed by atoms with Crippen LogP contribution in [0, 0.1) is 6.92 Å². The topological polar surface area (TPSA) is 45.7 Å². The number of hydrogen-bond donors (Lipinski definition) is 2. The highest BCUT2D eigenvalue weighted by molar-refractivity contribution is 5.79. The Hall–Kier alpha value is -2.49. The molecule has 2 aromatic carbocycles. The van der Waals surface area contributed by atoms with Gasteiger partial charge in [0.15, 0.2) is 5.96 Å². The molecule has 23 heavy (non-hydrogen) atoms. The van der Waals surface area contributed by atoms with Crippen LogP contribution in [0.3, 0.4) is 0 Å². The van der Waals surface area contributed by atoms with Gasteiger partial charge in [0.2, 0.25) is 0 Å². The summed E-state index contributed by atoms with van der Waals surface area (Å²) in [7, 11) is 3.48. The third-order valence-corrected chi connectivity index (χ3v) is 3.66. The zero-order valence-electron chi connectivity index (χ0n) is 14.1. The summed E-state index contributed by atoms with van der Waals surface area (Å²) in [6.07, 6.45) is 0.968. The fourth-order valence-electron chi connectivity index (χ4n) is 2.37. The van der Waals surface area contributed by atoms with Crippen molar-refractivity contribution in [2.24, 2.45) is 4.99 Å². The summed E-state index contributed by atoms with van der Waals surface area (Å²) in [6.45, 7) is 3.58. The van der Waals surface area contributed by atoms with E-state index in [-0.39, 0.29) is 0 Å². The molecule has 0 aliphatic heterocycles. The van der Waals surface area contributed by atoms with Gasteiger partial charge in [0, 0.05) is 25.7 Å². The van der Waals surface area contributed by atoms with Crippen molar-refractivity contribution in [2.75, 3.05) is 20.7 Å². The number of nitrogens with one attached hydrogen (secondary N) is 2. The van der Waals surface area contributed by atoms with E-state index < -0.39 is 0 Å². The highest BCUT2D eigenvalue weighted by Crippen LogP contribution is 2.19. The SMILES string of the molecule is CN=C(NCCc1ccccc1)NCc1ccc(C)cc1OC. The first kappa shape index (κ1) is 16.9. The van der Waals surface area contributed by atoms with Crippen LogP contribution in [-0.2, 0) is 13.0 Å². The summed E-state index contributed by atoms with van der Waals surface area (Å²) >= 11 is 0. The van der Waals surface area contributed by atoms with E-state index in [0.29, 0.717) is 6.54 Å². The molecule has 2 N–H and O–H groups in total. The van der Waals surface area contributed by atoms with Crippen molar-refractivity contribution in [2.45, 2.75) is 19.9 Å². The second kappa shape index (κ2) is 8.83. The number of rotatable bonds is 6. The summed E-state index contributed by atoms with van der Waals surface area (Å²) < 4.78 is 5.43. The number of benzene rings is 2. The Balaban J connectivity index is 1.83. The highest BCUT2D eigenvalue weighted by Gasteiger charge is 2.04. The Bertz CT molecular complexity index is 638. The van der Waals surface area contributed by atoms with Crippen LogP contribution in [-0.4, -0.2) is 26.7 Å². The molecule has 0 fully saturated rings. The Morgan fingerprint density at radius 2 is 1.87 bits per heavy atom. The van der Waals surface area contributed by atoms with E-state index in [2.05, 4.69) is 58.9 Å². The minimum absolute atomic E-state index is 0.675. The van der Waals surface area contributed by atoms with Crippen LogP contribution in [0.4, 0.5) is 0 Å². The number of nitrogens with zero attached hydrogens (tertiary/aromatic N) is 1. The average Bonchev–Trinajstić information content (AvgIpc) is 2.59. The maximum absolute atomic E-state index is 5.43. The molecular formula is C19H25N3O. The lowest BCUT2D eigenvalue weighted by Crippen LogP contribution is -2.37. The molecule has 0 saturated heterocycles. The van der Waals surface area contributed by atoms with E-state index in [1.807, 2.05) is 12.1 Å². The van der Waals surface area contributed by atoms with Gasteiger partial charge in [-0.2, -0.15) is 0 Å². The molecule has 0 amide bonds. The summed E-state index contributed by atoms with van der Waals surface area (Å²) in [5.41, 5.74) is 3.62. The number of ether oxygens (including phenoxy) is 1. The zero-order valence-corrected chi connectivity index (χ0v) is 14.1. The second-order valence-corrected chi connectivity index (χ2v) is 5.40. The monoisotopic (exact) mass is 311 g/mol. The molecule has 0 radical (unpaired) electrons. The molecule has 0 aliphatic carbocycles. The van der Waals surface area contributed by atoms with Gasteiger partial charge in [0.25, 0.3) is 0 Å². The molecule has 0 aliphatic rings. The molecule has 0 heterocycles. The predicted octanol–water partition coefficient (Wildman–Crippen LogP) is 2.91. The molecule has 2 rings (SSSR count). The molecular weight excluding hydrogens is 286 g/mol. The molecule has 0 saturated carbocycles. The van der Waals surface area contributed by atoms with Gasteiger partial charge in [-0.25, -0.2) is 0 Å². The number of hydrogen-bond acceptors (Lipinski definition) is 2. The summed E-state index contributed by atoms with van der Waals surface area (Å²) in [6, 6.07) is 16.6. The fraction of sp³-hybridized carbons (Fsp3) is 0.316. The van der Waals surface area contributed by atoms with Gasteiger partial charge < -0.3 is 15.4 Å². The Kier molecular flexibility index (Phi) is 6.48. The van der Waals surface area contributed by atoms with E-state index in [9.17, 15) is 0 Å². The lowest BCUT2D eigenvalue weighted by Gasteiger charge is -2.14. The molecule has 4 heteroatoms. The summed E-state index contributed by atoms with van der Waals surface area (Å²) in [5, 5.41) is 6.66. The summed E-state index contributed by atoms with van der Waals surface area (Å²) in [4.78, 5) is 4.26. The maximum Gasteiger partial charge on any atom is 0.191 e. The van der Waals surface area contributed by atoms with Crippen molar-refractivity contribution in [1.82, 2.24) is 10.6 Å². The van der Waals surface area contributed by atoms with Gasteiger partial charge >= 0.3 is 0 Å². The maximum atomic E-state index is 5.43. The number of methoxy groups -OCH3 is 1. The van der Waals surface area contributed by atoms with Crippen LogP contribution < -0.4 is 15.4 Å². The molecule has 0 spiro atoms. The third kappa shape index (κ3) is 5.33. The Labute approximate surface area is 138 Å². The van der Waals surface area contributed by atoms with Crippen molar-refractivity contribution >= 4 is 5.96 Å². The predicted molar refractivity (Wildman–Crippen MR) is 96.1 cm³/mol. The van der Waals surface area contributed by atoms with Crippen molar-refractivity contribution in [1.29, 1.82) is 0 Å². The van der Waals surface area contributed by atoms with Crippen LogP contribution >= 0.6 is 0 Å². The van der Waals surface area contributed by atoms with Crippen LogP contribution in [0.25, 0.3) is 0 Å². The standard InChI is InChI=1S/C19H25N3O/c1-15-9-10-17(18(13-15)23-3)14-22-19(20-2)21-12-11-16-7-5-4-6-8-16/h4-10,13H,11-12,14H2,1-3H3,(H2,20,21,22).